The van der Waals surface area contributed by atoms with Crippen molar-refractivity contribution in [2.75, 3.05) is 6.54 Å². The maximum atomic E-state index is 12.8. The highest BCUT2D eigenvalue weighted by Gasteiger charge is 2.07. The number of rotatable bonds is 8. The van der Waals surface area contributed by atoms with Gasteiger partial charge in [-0.25, -0.2) is 24.3 Å². The number of carbonyl (C=O) groups is 1. The molecule has 0 saturated heterocycles. The number of hydrazine groups is 1. The van der Waals surface area contributed by atoms with Gasteiger partial charge in [0.1, 0.15) is 16.8 Å². The Bertz CT molecular complexity index is 812. The number of hydrazone groups is 1. The van der Waals surface area contributed by atoms with E-state index in [4.69, 9.17) is 17.3 Å². The molecule has 0 aliphatic rings. The molecule has 1 aromatic heterocycles. The molecule has 0 saturated carbocycles. The quantitative estimate of drug-likeness (QED) is 0.206. The Labute approximate surface area is 151 Å². The molecule has 9 nitrogen and oxygen atoms in total. The van der Waals surface area contributed by atoms with Crippen molar-refractivity contribution in [2.45, 2.75) is 11.4 Å². The maximum absolute atomic E-state index is 12.8. The van der Waals surface area contributed by atoms with Gasteiger partial charge in [0.25, 0.3) is 0 Å². The van der Waals surface area contributed by atoms with Crippen molar-refractivity contribution in [3.63, 3.8) is 0 Å². The first kappa shape index (κ1) is 19.4. The van der Waals surface area contributed by atoms with Gasteiger partial charge in [-0.1, -0.05) is 0 Å². The van der Waals surface area contributed by atoms with Gasteiger partial charge < -0.3 is 11.5 Å². The largest absolute Gasteiger partial charge is 0.382 e. The van der Waals surface area contributed by atoms with Gasteiger partial charge in [0.2, 0.25) is 5.91 Å². The van der Waals surface area contributed by atoms with Gasteiger partial charge in [-0.2, -0.15) is 0 Å². The van der Waals surface area contributed by atoms with Crippen LogP contribution < -0.4 is 22.0 Å². The summed E-state index contributed by atoms with van der Waals surface area (Å²) < 4.78 is 27.2. The summed E-state index contributed by atoms with van der Waals surface area (Å²) in [5, 5.41) is 5.10. The molecule has 0 fully saturated rings. The van der Waals surface area contributed by atoms with Crippen molar-refractivity contribution in [1.29, 1.82) is 0 Å². The molecular weight excluding hydrogens is 361 g/mol. The van der Waals surface area contributed by atoms with Crippen molar-refractivity contribution in [3.05, 3.63) is 59.7 Å². The lowest BCUT2D eigenvalue weighted by Gasteiger charge is -2.13. The number of primary amides is 1. The average molecular weight is 379 g/mol. The van der Waals surface area contributed by atoms with Crippen LogP contribution in [0.25, 0.3) is 0 Å². The standard InChI is InChI=1S/C15H18FN7O2S/c16-11-3-4-12(20-7-11)9-23(19)22-15(18)10-1-5-13(6-2-10)26(25)21-8-14(17)24/h1-7,21H,8-9,19H2,(H2,17,24)(H2,18,22). The van der Waals surface area contributed by atoms with Crippen LogP contribution in [0.15, 0.2) is 52.6 Å². The predicted molar refractivity (Wildman–Crippen MR) is 94.7 cm³/mol. The van der Waals surface area contributed by atoms with E-state index in [9.17, 15) is 13.4 Å². The molecule has 26 heavy (non-hydrogen) atoms. The van der Waals surface area contributed by atoms with Crippen molar-refractivity contribution in [3.8, 4) is 0 Å². The number of carbonyl (C=O) groups excluding carboxylic acids is 1. The summed E-state index contributed by atoms with van der Waals surface area (Å²) in [6.45, 7) is -0.0579. The topological polar surface area (TPSA) is 153 Å². The molecule has 1 heterocycles. The molecule has 1 amide bonds. The van der Waals surface area contributed by atoms with Crippen molar-refractivity contribution in [2.24, 2.45) is 22.4 Å². The second-order valence-corrected chi connectivity index (χ2v) is 6.43. The van der Waals surface area contributed by atoms with Crippen LogP contribution >= 0.6 is 0 Å². The minimum Gasteiger partial charge on any atom is -0.382 e. The number of nitrogens with zero attached hydrogens (tertiary/aromatic N) is 3. The summed E-state index contributed by atoms with van der Waals surface area (Å²) in [5.41, 5.74) is 12.0. The van der Waals surface area contributed by atoms with E-state index >= 15 is 0 Å². The maximum Gasteiger partial charge on any atom is 0.232 e. The van der Waals surface area contributed by atoms with Crippen molar-refractivity contribution < 1.29 is 13.4 Å². The van der Waals surface area contributed by atoms with Gasteiger partial charge in [-0.3, -0.25) is 9.78 Å². The molecule has 1 atom stereocenters. The van der Waals surface area contributed by atoms with Crippen LogP contribution in [0.2, 0.25) is 0 Å². The molecule has 0 aliphatic heterocycles. The van der Waals surface area contributed by atoms with Gasteiger partial charge in [0.05, 0.1) is 29.9 Å². The highest BCUT2D eigenvalue weighted by molar-refractivity contribution is 7.83. The Morgan fingerprint density at radius 1 is 1.23 bits per heavy atom. The summed E-state index contributed by atoms with van der Waals surface area (Å²) in [4.78, 5) is 15.0. The predicted octanol–water partition coefficient (Wildman–Crippen LogP) is -0.686. The fraction of sp³-hybridized carbons (Fsp3) is 0.133. The fourth-order valence-electron chi connectivity index (χ4n) is 1.87. The van der Waals surface area contributed by atoms with Crippen LogP contribution in [0.1, 0.15) is 11.3 Å². The number of benzene rings is 1. The number of hydrogen-bond donors (Lipinski definition) is 4. The Balaban J connectivity index is 2.00. The molecule has 138 valence electrons. The molecule has 7 N–H and O–H groups in total. The lowest BCUT2D eigenvalue weighted by atomic mass is 10.2. The van der Waals surface area contributed by atoms with Crippen LogP contribution in [0.3, 0.4) is 0 Å². The third-order valence-corrected chi connectivity index (χ3v) is 4.20. The van der Waals surface area contributed by atoms with E-state index in [2.05, 4.69) is 14.8 Å². The molecular formula is C15H18FN7O2S. The third kappa shape index (κ3) is 5.88. The smallest absolute Gasteiger partial charge is 0.232 e. The molecule has 0 aliphatic carbocycles. The van der Waals surface area contributed by atoms with E-state index in [0.717, 1.165) is 11.3 Å². The van der Waals surface area contributed by atoms with Crippen LogP contribution in [0, 0.1) is 5.82 Å². The number of pyridine rings is 1. The van der Waals surface area contributed by atoms with Gasteiger partial charge in [-0.15, -0.1) is 5.10 Å². The van der Waals surface area contributed by atoms with E-state index < -0.39 is 22.7 Å². The minimum absolute atomic E-state index is 0.136. The van der Waals surface area contributed by atoms with Crippen LogP contribution in [0.5, 0.6) is 0 Å². The second kappa shape index (κ2) is 8.99. The van der Waals surface area contributed by atoms with E-state index in [1.165, 1.54) is 12.1 Å². The summed E-state index contributed by atoms with van der Waals surface area (Å²) >= 11 is 0. The Morgan fingerprint density at radius 3 is 2.50 bits per heavy atom. The highest BCUT2D eigenvalue weighted by Crippen LogP contribution is 2.08. The van der Waals surface area contributed by atoms with E-state index in [-0.39, 0.29) is 18.9 Å². The molecule has 0 spiro atoms. The highest BCUT2D eigenvalue weighted by atomic mass is 32.2. The summed E-state index contributed by atoms with van der Waals surface area (Å²) in [5.74, 6) is 4.85. The van der Waals surface area contributed by atoms with Crippen molar-refractivity contribution >= 4 is 22.7 Å². The van der Waals surface area contributed by atoms with Gasteiger partial charge in [0, 0.05) is 5.56 Å². The first-order valence-electron chi connectivity index (χ1n) is 7.36. The number of hydrogen-bond acceptors (Lipinski definition) is 6. The minimum atomic E-state index is -1.57. The normalized spacial score (nSPS) is 12.6. The molecule has 0 bridgehead atoms. The first-order chi connectivity index (χ1) is 12.3. The first-order valence-corrected chi connectivity index (χ1v) is 8.51. The third-order valence-electron chi connectivity index (χ3n) is 3.09. The molecule has 1 aromatic carbocycles. The van der Waals surface area contributed by atoms with Crippen LogP contribution in [-0.2, 0) is 22.3 Å². The van der Waals surface area contributed by atoms with E-state index in [1.54, 1.807) is 24.3 Å². The van der Waals surface area contributed by atoms with Crippen molar-refractivity contribution in [1.82, 2.24) is 14.8 Å². The van der Waals surface area contributed by atoms with E-state index in [0.29, 0.717) is 16.2 Å². The fourth-order valence-corrected chi connectivity index (χ4v) is 2.69. The lowest BCUT2D eigenvalue weighted by Crippen LogP contribution is -2.30. The molecule has 2 rings (SSSR count). The second-order valence-electron chi connectivity index (χ2n) is 5.13. The molecule has 1 unspecified atom stereocenters. The van der Waals surface area contributed by atoms with Crippen LogP contribution in [0.4, 0.5) is 4.39 Å². The lowest BCUT2D eigenvalue weighted by molar-refractivity contribution is -0.116. The molecule has 2 aromatic rings. The number of amidine groups is 1. The van der Waals surface area contributed by atoms with Crippen LogP contribution in [-0.4, -0.2) is 32.6 Å². The van der Waals surface area contributed by atoms with Gasteiger partial charge in [0.15, 0.2) is 5.84 Å². The molecule has 11 heteroatoms. The number of amides is 1. The number of nitrogens with two attached hydrogens (primary N) is 3. The average Bonchev–Trinajstić information content (AvgIpc) is 2.61. The zero-order valence-corrected chi connectivity index (χ0v) is 14.4. The Kier molecular flexibility index (Phi) is 6.72. The molecule has 0 radical (unpaired) electrons. The SMILES string of the molecule is NC(=O)CNS(=O)c1ccc(/C(N)=N/N(N)Cc2ccc(F)cn2)cc1. The Hall–Kier alpha value is -2.89. The summed E-state index contributed by atoms with van der Waals surface area (Å²) in [6.07, 6.45) is 1.08. The zero-order chi connectivity index (χ0) is 19.1. The summed E-state index contributed by atoms with van der Waals surface area (Å²) in [7, 11) is -1.57. The van der Waals surface area contributed by atoms with Gasteiger partial charge in [-0.05, 0) is 36.4 Å². The summed E-state index contributed by atoms with van der Waals surface area (Å²) in [6, 6.07) is 9.14. The Morgan fingerprint density at radius 2 is 1.92 bits per heavy atom. The number of halogens is 1. The van der Waals surface area contributed by atoms with Gasteiger partial charge >= 0.3 is 0 Å². The monoisotopic (exact) mass is 379 g/mol. The number of aromatic nitrogens is 1. The van der Waals surface area contributed by atoms with E-state index in [1.807, 2.05) is 0 Å². The number of nitrogens with one attached hydrogen (secondary N) is 1. The zero-order valence-electron chi connectivity index (χ0n) is 13.6.